The molecule has 2 nitrogen and oxygen atoms in total. The summed E-state index contributed by atoms with van der Waals surface area (Å²) in [6.07, 6.45) is 5.32. The molecule has 0 saturated heterocycles. The topological polar surface area (TPSA) is 21.6 Å². The molecule has 0 fully saturated rings. The van der Waals surface area contributed by atoms with Crippen LogP contribution < -0.4 is 0 Å². The van der Waals surface area contributed by atoms with Crippen LogP contribution in [0.1, 0.15) is 13.8 Å². The van der Waals surface area contributed by atoms with Gasteiger partial charge >= 0.3 is 0 Å². The molecule has 0 saturated carbocycles. The minimum Gasteiger partial charge on any atom is -0.500 e. The molecule has 0 unspecified atom stereocenters. The van der Waals surface area contributed by atoms with Crippen LogP contribution in [0.5, 0.6) is 0 Å². The van der Waals surface area contributed by atoms with Gasteiger partial charge in [0, 0.05) is 6.08 Å². The van der Waals surface area contributed by atoms with Gasteiger partial charge < -0.3 is 4.74 Å². The quantitative estimate of drug-likeness (QED) is 0.229. The van der Waals surface area contributed by atoms with E-state index in [-0.39, 0.29) is 0 Å². The molecule has 0 aliphatic carbocycles. The molecule has 0 N–H and O–H groups in total. The first kappa shape index (κ1) is 13.1. The second-order valence-corrected chi connectivity index (χ2v) is 3.58. The van der Waals surface area contributed by atoms with Crippen LogP contribution in [-0.4, -0.2) is 24.5 Å². The van der Waals surface area contributed by atoms with E-state index in [2.05, 4.69) is 17.3 Å². The number of hydrogen-bond donors (Lipinski definition) is 0. The van der Waals surface area contributed by atoms with E-state index in [4.69, 9.17) is 4.74 Å². The highest BCUT2D eigenvalue weighted by Crippen LogP contribution is 2.00. The van der Waals surface area contributed by atoms with Gasteiger partial charge in [0.25, 0.3) is 0 Å². The van der Waals surface area contributed by atoms with Gasteiger partial charge in [-0.05, 0) is 25.7 Å². The normalized spacial score (nSPS) is 10.4. The van der Waals surface area contributed by atoms with Crippen LogP contribution in [0.2, 0.25) is 0 Å². The van der Waals surface area contributed by atoms with Crippen molar-refractivity contribution in [3.05, 3.63) is 30.2 Å². The van der Waals surface area contributed by atoms with Gasteiger partial charge in [0.2, 0.25) is 0 Å². The highest BCUT2D eigenvalue weighted by molar-refractivity contribution is 8.13. The van der Waals surface area contributed by atoms with E-state index in [0.29, 0.717) is 13.2 Å². The third kappa shape index (κ3) is 7.71. The van der Waals surface area contributed by atoms with Crippen LogP contribution >= 0.6 is 11.8 Å². The van der Waals surface area contributed by atoms with Crippen molar-refractivity contribution < 1.29 is 4.74 Å². The van der Waals surface area contributed by atoms with E-state index < -0.39 is 0 Å². The SMILES string of the molecule is C=COCCN=C(C=C=C(C)C)SC. The van der Waals surface area contributed by atoms with Crippen molar-refractivity contribution in [3.63, 3.8) is 0 Å². The summed E-state index contributed by atoms with van der Waals surface area (Å²) >= 11 is 1.61. The zero-order chi connectivity index (χ0) is 10.8. The molecule has 0 bridgehead atoms. The fourth-order valence-electron chi connectivity index (χ4n) is 0.667. The Morgan fingerprint density at radius 2 is 2.29 bits per heavy atom. The van der Waals surface area contributed by atoms with Gasteiger partial charge in [-0.15, -0.1) is 17.5 Å². The lowest BCUT2D eigenvalue weighted by molar-refractivity contribution is 0.261. The standard InChI is InChI=1S/C11H17NOS/c1-5-13-9-8-12-11(14-4)7-6-10(2)3/h5,7H,1,8-9H2,2-4H3. The summed E-state index contributed by atoms with van der Waals surface area (Å²) in [6, 6.07) is 0. The predicted molar refractivity (Wildman–Crippen MR) is 64.9 cm³/mol. The molecular weight excluding hydrogens is 194 g/mol. The number of rotatable bonds is 5. The van der Waals surface area contributed by atoms with Gasteiger partial charge in [0.15, 0.2) is 0 Å². The summed E-state index contributed by atoms with van der Waals surface area (Å²) in [4.78, 5) is 4.33. The molecule has 0 radical (unpaired) electrons. The highest BCUT2D eigenvalue weighted by atomic mass is 32.2. The molecule has 78 valence electrons. The Hall–Kier alpha value is -0.920. The first-order valence-electron chi connectivity index (χ1n) is 4.41. The maximum Gasteiger partial charge on any atom is 0.107 e. The van der Waals surface area contributed by atoms with Crippen LogP contribution in [0.15, 0.2) is 35.2 Å². The van der Waals surface area contributed by atoms with Crippen LogP contribution in [0, 0.1) is 0 Å². The Kier molecular flexibility index (Phi) is 8.10. The molecule has 14 heavy (non-hydrogen) atoms. The van der Waals surface area contributed by atoms with E-state index in [1.54, 1.807) is 11.8 Å². The first-order chi connectivity index (χ1) is 6.70. The van der Waals surface area contributed by atoms with Gasteiger partial charge in [-0.2, -0.15) is 0 Å². The Labute approximate surface area is 90.5 Å². The molecule has 3 heteroatoms. The van der Waals surface area contributed by atoms with Crippen molar-refractivity contribution in [2.24, 2.45) is 4.99 Å². The van der Waals surface area contributed by atoms with Crippen LogP contribution in [0.3, 0.4) is 0 Å². The molecule has 0 amide bonds. The molecule has 0 aromatic rings. The lowest BCUT2D eigenvalue weighted by Gasteiger charge is -1.97. The van der Waals surface area contributed by atoms with Crippen molar-refractivity contribution >= 4 is 16.8 Å². The third-order valence-electron chi connectivity index (χ3n) is 1.29. The zero-order valence-electron chi connectivity index (χ0n) is 9.04. The largest absolute Gasteiger partial charge is 0.500 e. The summed E-state index contributed by atoms with van der Waals surface area (Å²) in [5.74, 6) is 0. The smallest absolute Gasteiger partial charge is 0.107 e. The number of nitrogens with zero attached hydrogens (tertiary/aromatic N) is 1. The predicted octanol–water partition coefficient (Wildman–Crippen LogP) is 3.03. The molecule has 0 aromatic heterocycles. The fraction of sp³-hybridized carbons (Fsp3) is 0.455. The lowest BCUT2D eigenvalue weighted by atomic mass is 10.4. The minimum absolute atomic E-state index is 0.580. The van der Waals surface area contributed by atoms with Crippen LogP contribution in [0.25, 0.3) is 0 Å². The summed E-state index contributed by atoms with van der Waals surface area (Å²) < 4.78 is 4.96. The second-order valence-electron chi connectivity index (χ2n) is 2.75. The van der Waals surface area contributed by atoms with Crippen LogP contribution in [-0.2, 0) is 4.74 Å². The van der Waals surface area contributed by atoms with Gasteiger partial charge in [-0.25, -0.2) is 0 Å². The number of thioether (sulfide) groups is 1. The molecule has 0 aromatic carbocycles. The van der Waals surface area contributed by atoms with Crippen LogP contribution in [0.4, 0.5) is 0 Å². The molecule has 0 spiro atoms. The van der Waals surface area contributed by atoms with Gasteiger partial charge in [0.1, 0.15) is 6.61 Å². The molecular formula is C11H17NOS. The van der Waals surface area contributed by atoms with Crippen molar-refractivity contribution in [2.45, 2.75) is 13.8 Å². The molecule has 0 aliphatic heterocycles. The molecule has 0 aliphatic rings. The fourth-order valence-corrected chi connectivity index (χ4v) is 1.06. The van der Waals surface area contributed by atoms with Crippen molar-refractivity contribution in [2.75, 3.05) is 19.4 Å². The van der Waals surface area contributed by atoms with E-state index in [1.165, 1.54) is 6.26 Å². The number of aliphatic imine (C=N–C) groups is 1. The Balaban J connectivity index is 4.12. The number of hydrogen-bond acceptors (Lipinski definition) is 3. The van der Waals surface area contributed by atoms with Gasteiger partial charge in [-0.3, -0.25) is 4.99 Å². The van der Waals surface area contributed by atoms with Crippen molar-refractivity contribution in [1.29, 1.82) is 0 Å². The molecule has 0 heterocycles. The maximum atomic E-state index is 4.96. The average molecular weight is 211 g/mol. The van der Waals surface area contributed by atoms with E-state index >= 15 is 0 Å². The average Bonchev–Trinajstić information content (AvgIpc) is 2.16. The van der Waals surface area contributed by atoms with Crippen molar-refractivity contribution in [1.82, 2.24) is 0 Å². The van der Waals surface area contributed by atoms with Crippen molar-refractivity contribution in [3.8, 4) is 0 Å². The van der Waals surface area contributed by atoms with E-state index in [1.807, 2.05) is 26.2 Å². The zero-order valence-corrected chi connectivity index (χ0v) is 9.86. The number of ether oxygens (including phenoxy) is 1. The van der Waals surface area contributed by atoms with Gasteiger partial charge in [0.05, 0.1) is 17.9 Å². The van der Waals surface area contributed by atoms with E-state index in [9.17, 15) is 0 Å². The Bertz CT molecular complexity index is 258. The summed E-state index contributed by atoms with van der Waals surface area (Å²) in [5.41, 5.74) is 4.26. The van der Waals surface area contributed by atoms with E-state index in [0.717, 1.165) is 10.6 Å². The highest BCUT2D eigenvalue weighted by Gasteiger charge is 1.89. The summed E-state index contributed by atoms with van der Waals surface area (Å²) in [6.45, 7) is 8.71. The lowest BCUT2D eigenvalue weighted by Crippen LogP contribution is -1.95. The molecule has 0 rings (SSSR count). The van der Waals surface area contributed by atoms with Gasteiger partial charge in [-0.1, -0.05) is 6.58 Å². The monoisotopic (exact) mass is 211 g/mol. The summed E-state index contributed by atoms with van der Waals surface area (Å²) in [7, 11) is 0. The Morgan fingerprint density at radius 3 is 2.79 bits per heavy atom. The third-order valence-corrected chi connectivity index (χ3v) is 1.95. The Morgan fingerprint density at radius 1 is 1.57 bits per heavy atom. The maximum absolute atomic E-state index is 4.96. The molecule has 0 atom stereocenters. The first-order valence-corrected chi connectivity index (χ1v) is 5.64. The minimum atomic E-state index is 0.580. The summed E-state index contributed by atoms with van der Waals surface area (Å²) in [5, 5.41) is 0.971. The second kappa shape index (κ2) is 8.67.